The highest BCUT2D eigenvalue weighted by Gasteiger charge is 2.22. The Morgan fingerprint density at radius 3 is 2.71 bits per heavy atom. The zero-order valence-electron chi connectivity index (χ0n) is 11.1. The molecule has 1 aromatic heterocycles. The first-order chi connectivity index (χ1) is 9.83. The summed E-state index contributed by atoms with van der Waals surface area (Å²) >= 11 is 1.08. The Hall–Kier alpha value is -2.00. The summed E-state index contributed by atoms with van der Waals surface area (Å²) in [5, 5.41) is 1.77. The van der Waals surface area contributed by atoms with Crippen LogP contribution < -0.4 is 4.72 Å². The fourth-order valence-electron chi connectivity index (χ4n) is 1.52. The van der Waals surface area contributed by atoms with E-state index in [1.54, 1.807) is 12.3 Å². The molecule has 0 unspecified atom stereocenters. The van der Waals surface area contributed by atoms with Crippen molar-refractivity contribution in [1.82, 2.24) is 4.98 Å². The number of nitrogens with zero attached hydrogens (tertiary/aromatic N) is 1. The first-order valence-electron chi connectivity index (χ1n) is 5.66. The molecule has 6 nitrogen and oxygen atoms in total. The molecule has 1 aromatic carbocycles. The molecule has 0 aliphatic rings. The molecule has 0 saturated heterocycles. The van der Waals surface area contributed by atoms with Crippen LogP contribution in [0.5, 0.6) is 0 Å². The molecule has 2 rings (SSSR count). The van der Waals surface area contributed by atoms with Crippen molar-refractivity contribution in [3.8, 4) is 0 Å². The average molecular weight is 330 g/mol. The third-order valence-corrected chi connectivity index (χ3v) is 4.84. The van der Waals surface area contributed by atoms with Crippen molar-refractivity contribution in [2.24, 2.45) is 0 Å². The minimum absolute atomic E-state index is 0.0606. The third-order valence-electron chi connectivity index (χ3n) is 2.48. The summed E-state index contributed by atoms with van der Waals surface area (Å²) in [5.74, 6) is -1.72. The number of rotatable bonds is 4. The van der Waals surface area contributed by atoms with Crippen LogP contribution in [0.25, 0.3) is 0 Å². The summed E-state index contributed by atoms with van der Waals surface area (Å²) in [6, 6.07) is 2.96. The van der Waals surface area contributed by atoms with Gasteiger partial charge in [-0.25, -0.2) is 22.6 Å². The fraction of sp³-hybridized carbons (Fsp3) is 0.167. The van der Waals surface area contributed by atoms with Crippen LogP contribution >= 0.6 is 11.3 Å². The molecule has 0 bridgehead atoms. The summed E-state index contributed by atoms with van der Waals surface area (Å²) < 4.78 is 44.7. The first kappa shape index (κ1) is 15.4. The normalized spacial score (nSPS) is 11.2. The van der Waals surface area contributed by atoms with E-state index in [4.69, 9.17) is 0 Å². The number of hydrogen-bond acceptors (Lipinski definition) is 6. The lowest BCUT2D eigenvalue weighted by molar-refractivity contribution is 0.0600. The number of ether oxygens (including phenoxy) is 1. The van der Waals surface area contributed by atoms with Gasteiger partial charge in [0.1, 0.15) is 10.7 Å². The van der Waals surface area contributed by atoms with E-state index in [9.17, 15) is 17.6 Å². The molecule has 0 aliphatic carbocycles. The lowest BCUT2D eigenvalue weighted by atomic mass is 10.2. The zero-order chi connectivity index (χ0) is 15.6. The van der Waals surface area contributed by atoms with Gasteiger partial charge < -0.3 is 4.74 Å². The zero-order valence-corrected chi connectivity index (χ0v) is 12.7. The number of aryl methyl sites for hydroxylation is 1. The first-order valence-corrected chi connectivity index (χ1v) is 8.02. The van der Waals surface area contributed by atoms with E-state index in [0.717, 1.165) is 36.6 Å². The second kappa shape index (κ2) is 5.78. The van der Waals surface area contributed by atoms with E-state index >= 15 is 0 Å². The van der Waals surface area contributed by atoms with E-state index in [0.29, 0.717) is 5.69 Å². The van der Waals surface area contributed by atoms with Crippen molar-refractivity contribution < 1.29 is 22.3 Å². The Bertz CT molecular complexity index is 786. The van der Waals surface area contributed by atoms with Crippen LogP contribution in [0.3, 0.4) is 0 Å². The highest BCUT2D eigenvalue weighted by atomic mass is 32.2. The van der Waals surface area contributed by atoms with E-state index in [1.807, 2.05) is 0 Å². The number of carbonyl (C=O) groups excluding carboxylic acids is 1. The Morgan fingerprint density at radius 2 is 2.14 bits per heavy atom. The minimum Gasteiger partial charge on any atom is -0.465 e. The molecule has 0 fully saturated rings. The predicted molar refractivity (Wildman–Crippen MR) is 75.4 cm³/mol. The van der Waals surface area contributed by atoms with Gasteiger partial charge in [0, 0.05) is 5.38 Å². The molecule has 112 valence electrons. The molecule has 0 radical (unpaired) electrons. The molecule has 1 N–H and O–H groups in total. The number of aromatic nitrogens is 1. The van der Waals surface area contributed by atoms with Crippen molar-refractivity contribution in [2.45, 2.75) is 11.8 Å². The van der Waals surface area contributed by atoms with Crippen LogP contribution in [0, 0.1) is 12.7 Å². The number of methoxy groups -OCH3 is 1. The SMILES string of the molecule is COC(=O)c1ccc(F)c(S(=O)(=O)Nc2nc(C)cs2)c1. The molecule has 2 aromatic rings. The van der Waals surface area contributed by atoms with Gasteiger partial charge in [-0.3, -0.25) is 4.72 Å². The van der Waals surface area contributed by atoms with Gasteiger partial charge in [-0.1, -0.05) is 0 Å². The van der Waals surface area contributed by atoms with Crippen molar-refractivity contribution in [3.63, 3.8) is 0 Å². The number of hydrogen-bond donors (Lipinski definition) is 1. The predicted octanol–water partition coefficient (Wildman–Crippen LogP) is 2.18. The van der Waals surface area contributed by atoms with Crippen molar-refractivity contribution in [3.05, 3.63) is 40.7 Å². The lowest BCUT2D eigenvalue weighted by Crippen LogP contribution is -2.15. The molecular formula is C12H11FN2O4S2. The Morgan fingerprint density at radius 1 is 1.43 bits per heavy atom. The lowest BCUT2D eigenvalue weighted by Gasteiger charge is -2.08. The Balaban J connectivity index is 2.41. The standard InChI is InChI=1S/C12H11FN2O4S2/c1-7-6-20-12(14-7)15-21(17,18)10-5-8(11(16)19-2)3-4-9(10)13/h3-6H,1-2H3,(H,14,15). The quantitative estimate of drug-likeness (QED) is 0.869. The second-order valence-corrected chi connectivity index (χ2v) is 6.55. The molecule has 0 spiro atoms. The maximum atomic E-state index is 13.8. The van der Waals surface area contributed by atoms with E-state index in [2.05, 4.69) is 14.4 Å². The van der Waals surface area contributed by atoms with Crippen LogP contribution in [-0.4, -0.2) is 26.5 Å². The van der Waals surface area contributed by atoms with Crippen molar-refractivity contribution in [1.29, 1.82) is 0 Å². The van der Waals surface area contributed by atoms with Crippen LogP contribution in [0.15, 0.2) is 28.5 Å². The van der Waals surface area contributed by atoms with E-state index in [1.165, 1.54) is 0 Å². The molecule has 0 amide bonds. The highest BCUT2D eigenvalue weighted by Crippen LogP contribution is 2.22. The van der Waals surface area contributed by atoms with E-state index in [-0.39, 0.29) is 10.7 Å². The third kappa shape index (κ3) is 3.37. The van der Waals surface area contributed by atoms with Crippen LogP contribution in [0.2, 0.25) is 0 Å². The van der Waals surface area contributed by atoms with Crippen molar-refractivity contribution >= 4 is 32.5 Å². The Kier molecular flexibility index (Phi) is 4.24. The van der Waals surface area contributed by atoms with Gasteiger partial charge >= 0.3 is 5.97 Å². The second-order valence-electron chi connectivity index (χ2n) is 4.04. The molecule has 0 atom stereocenters. The van der Waals surface area contributed by atoms with Gasteiger partial charge in [0.05, 0.1) is 18.4 Å². The summed E-state index contributed by atoms with van der Waals surface area (Å²) in [6.07, 6.45) is 0. The summed E-state index contributed by atoms with van der Waals surface area (Å²) in [5.41, 5.74) is 0.580. The average Bonchev–Trinajstić information content (AvgIpc) is 2.82. The largest absolute Gasteiger partial charge is 0.465 e. The number of thiazole rings is 1. The smallest absolute Gasteiger partial charge is 0.337 e. The topological polar surface area (TPSA) is 85.4 Å². The minimum atomic E-state index is -4.18. The van der Waals surface area contributed by atoms with Gasteiger partial charge in [-0.2, -0.15) is 0 Å². The monoisotopic (exact) mass is 330 g/mol. The van der Waals surface area contributed by atoms with Crippen LogP contribution in [0.4, 0.5) is 9.52 Å². The van der Waals surface area contributed by atoms with Crippen molar-refractivity contribution in [2.75, 3.05) is 11.8 Å². The van der Waals surface area contributed by atoms with Crippen LogP contribution in [-0.2, 0) is 14.8 Å². The molecular weight excluding hydrogens is 319 g/mol. The van der Waals surface area contributed by atoms with Gasteiger partial charge in [-0.05, 0) is 25.1 Å². The van der Waals surface area contributed by atoms with E-state index < -0.39 is 26.7 Å². The van der Waals surface area contributed by atoms with Crippen LogP contribution in [0.1, 0.15) is 16.1 Å². The molecule has 9 heteroatoms. The number of sulfonamides is 1. The summed E-state index contributed by atoms with van der Waals surface area (Å²) in [4.78, 5) is 14.7. The number of halogens is 1. The van der Waals surface area contributed by atoms with Gasteiger partial charge in [0.2, 0.25) is 0 Å². The molecule has 0 aliphatic heterocycles. The Labute approximate surface area is 124 Å². The molecule has 0 saturated carbocycles. The summed E-state index contributed by atoms with van der Waals surface area (Å²) in [6.45, 7) is 1.70. The maximum Gasteiger partial charge on any atom is 0.337 e. The number of carbonyl (C=O) groups is 1. The highest BCUT2D eigenvalue weighted by molar-refractivity contribution is 7.93. The number of benzene rings is 1. The maximum absolute atomic E-state index is 13.8. The number of esters is 1. The number of anilines is 1. The molecule has 21 heavy (non-hydrogen) atoms. The molecule has 1 heterocycles. The number of nitrogens with one attached hydrogen (secondary N) is 1. The van der Waals surface area contributed by atoms with Gasteiger partial charge in [0.25, 0.3) is 10.0 Å². The van der Waals surface area contributed by atoms with Gasteiger partial charge in [0.15, 0.2) is 5.13 Å². The summed E-state index contributed by atoms with van der Waals surface area (Å²) in [7, 11) is -3.03. The fourth-order valence-corrected chi connectivity index (χ4v) is 3.57. The van der Waals surface area contributed by atoms with Gasteiger partial charge in [-0.15, -0.1) is 11.3 Å².